The molecule has 27 heavy (non-hydrogen) atoms. The van der Waals surface area contributed by atoms with Gasteiger partial charge in [-0.05, 0) is 48.9 Å². The highest BCUT2D eigenvalue weighted by molar-refractivity contribution is 5.78. The van der Waals surface area contributed by atoms with E-state index in [1.807, 2.05) is 12.4 Å². The number of nitrogens with zero attached hydrogens (tertiary/aromatic N) is 4. The first-order chi connectivity index (χ1) is 13.2. The molecule has 3 heterocycles. The summed E-state index contributed by atoms with van der Waals surface area (Å²) in [4.78, 5) is 9.48. The van der Waals surface area contributed by atoms with E-state index in [9.17, 15) is 0 Å². The molecule has 0 spiro atoms. The van der Waals surface area contributed by atoms with Crippen LogP contribution in [-0.2, 0) is 6.54 Å². The van der Waals surface area contributed by atoms with Crippen LogP contribution in [0.1, 0.15) is 31.0 Å². The molecule has 142 valence electrons. The van der Waals surface area contributed by atoms with Crippen molar-refractivity contribution in [2.45, 2.75) is 26.4 Å². The number of rotatable bonds is 6. The number of fused-ring (bicyclic) bond motifs is 1. The maximum atomic E-state index is 4.60. The van der Waals surface area contributed by atoms with Crippen molar-refractivity contribution in [1.82, 2.24) is 25.4 Å². The van der Waals surface area contributed by atoms with Crippen molar-refractivity contribution < 1.29 is 0 Å². The van der Waals surface area contributed by atoms with Crippen LogP contribution in [0.3, 0.4) is 0 Å². The van der Waals surface area contributed by atoms with Crippen molar-refractivity contribution in [2.75, 3.05) is 37.6 Å². The van der Waals surface area contributed by atoms with Crippen LogP contribution in [0.25, 0.3) is 10.9 Å². The fraction of sp³-hybridized carbons (Fsp3) is 0.429. The molecule has 1 unspecified atom stereocenters. The molecule has 1 aromatic carbocycles. The van der Waals surface area contributed by atoms with Gasteiger partial charge in [-0.2, -0.15) is 5.10 Å². The normalized spacial score (nSPS) is 16.7. The van der Waals surface area contributed by atoms with Crippen LogP contribution in [0.15, 0.2) is 42.7 Å². The molecule has 1 aliphatic rings. The Kier molecular flexibility index (Phi) is 5.36. The van der Waals surface area contributed by atoms with Crippen molar-refractivity contribution in [3.8, 4) is 0 Å². The number of aromatic amines is 1. The molecule has 1 atom stereocenters. The predicted molar refractivity (Wildman–Crippen MR) is 110 cm³/mol. The number of H-pyrrole nitrogens is 1. The molecule has 2 N–H and O–H groups in total. The van der Waals surface area contributed by atoms with Gasteiger partial charge in [-0.1, -0.05) is 13.0 Å². The molecule has 1 fully saturated rings. The first-order valence-electron chi connectivity index (χ1n) is 9.81. The van der Waals surface area contributed by atoms with Gasteiger partial charge >= 0.3 is 0 Å². The predicted octanol–water partition coefficient (Wildman–Crippen LogP) is 2.95. The van der Waals surface area contributed by atoms with E-state index in [1.54, 1.807) is 0 Å². The van der Waals surface area contributed by atoms with E-state index in [2.05, 4.69) is 74.5 Å². The van der Waals surface area contributed by atoms with Gasteiger partial charge in [0.1, 0.15) is 5.82 Å². The third kappa shape index (κ3) is 4.12. The Morgan fingerprint density at radius 3 is 2.81 bits per heavy atom. The lowest BCUT2D eigenvalue weighted by atomic mass is 10.1. The smallest absolute Gasteiger partial charge is 0.128 e. The Bertz CT molecular complexity index is 881. The van der Waals surface area contributed by atoms with E-state index in [0.717, 1.165) is 56.0 Å². The largest absolute Gasteiger partial charge is 0.354 e. The van der Waals surface area contributed by atoms with Gasteiger partial charge in [0.2, 0.25) is 0 Å². The molecular weight excluding hydrogens is 336 g/mol. The van der Waals surface area contributed by atoms with Crippen LogP contribution in [0.5, 0.6) is 0 Å². The maximum Gasteiger partial charge on any atom is 0.128 e. The molecule has 1 saturated heterocycles. The van der Waals surface area contributed by atoms with Crippen LogP contribution < -0.4 is 10.2 Å². The summed E-state index contributed by atoms with van der Waals surface area (Å²) in [6.07, 6.45) is 3.81. The Balaban J connectivity index is 1.38. The van der Waals surface area contributed by atoms with Gasteiger partial charge in [-0.15, -0.1) is 0 Å². The van der Waals surface area contributed by atoms with Crippen LogP contribution in [0.4, 0.5) is 5.82 Å². The quantitative estimate of drug-likeness (QED) is 0.704. The summed E-state index contributed by atoms with van der Waals surface area (Å²) in [6, 6.07) is 11.0. The molecule has 0 radical (unpaired) electrons. The number of pyridine rings is 1. The van der Waals surface area contributed by atoms with Crippen molar-refractivity contribution in [2.24, 2.45) is 0 Å². The molecule has 6 heteroatoms. The summed E-state index contributed by atoms with van der Waals surface area (Å²) in [7, 11) is 0. The second-order valence-corrected chi connectivity index (χ2v) is 7.26. The van der Waals surface area contributed by atoms with Gasteiger partial charge in [0.15, 0.2) is 0 Å². The zero-order chi connectivity index (χ0) is 18.6. The minimum Gasteiger partial charge on any atom is -0.354 e. The molecule has 2 aromatic heterocycles. The monoisotopic (exact) mass is 364 g/mol. The number of likely N-dealkylation sites (N-methyl/N-ethyl adjacent to an activating group) is 1. The number of nitrogens with one attached hydrogen (secondary N) is 2. The summed E-state index contributed by atoms with van der Waals surface area (Å²) in [5.74, 6) is 1.09. The number of aromatic nitrogens is 3. The van der Waals surface area contributed by atoms with E-state index in [0.29, 0.717) is 0 Å². The minimum absolute atomic E-state index is 0.272. The van der Waals surface area contributed by atoms with Gasteiger partial charge in [-0.3, -0.25) is 5.10 Å². The lowest BCUT2D eigenvalue weighted by Gasteiger charge is -2.34. The van der Waals surface area contributed by atoms with Crippen molar-refractivity contribution in [3.63, 3.8) is 0 Å². The Morgan fingerprint density at radius 1 is 1.15 bits per heavy atom. The fourth-order valence-electron chi connectivity index (χ4n) is 3.66. The van der Waals surface area contributed by atoms with Crippen LogP contribution >= 0.6 is 0 Å². The zero-order valence-corrected chi connectivity index (χ0v) is 16.2. The number of hydrogen-bond acceptors (Lipinski definition) is 5. The lowest BCUT2D eigenvalue weighted by Crippen LogP contribution is -2.46. The average Bonchev–Trinajstić information content (AvgIpc) is 3.20. The van der Waals surface area contributed by atoms with E-state index in [1.165, 1.54) is 11.1 Å². The molecule has 6 nitrogen and oxygen atoms in total. The van der Waals surface area contributed by atoms with Crippen LogP contribution in [-0.4, -0.2) is 52.8 Å². The number of piperazine rings is 1. The van der Waals surface area contributed by atoms with Gasteiger partial charge in [0, 0.05) is 50.3 Å². The van der Waals surface area contributed by atoms with Crippen molar-refractivity contribution in [1.29, 1.82) is 0 Å². The third-order valence-corrected chi connectivity index (χ3v) is 5.53. The molecule has 3 aromatic rings. The van der Waals surface area contributed by atoms with Gasteiger partial charge < -0.3 is 15.1 Å². The van der Waals surface area contributed by atoms with E-state index >= 15 is 0 Å². The first kappa shape index (κ1) is 17.9. The molecule has 0 saturated carbocycles. The molecule has 1 aliphatic heterocycles. The van der Waals surface area contributed by atoms with Gasteiger partial charge in [0.25, 0.3) is 0 Å². The van der Waals surface area contributed by atoms with Crippen LogP contribution in [0, 0.1) is 0 Å². The highest BCUT2D eigenvalue weighted by Crippen LogP contribution is 2.20. The van der Waals surface area contributed by atoms with E-state index < -0.39 is 0 Å². The standard InChI is InChI=1S/C21H28N6/c1-3-26-8-10-27(11-9-26)21-12-17(6-7-22-21)14-23-16(2)18-4-5-20-19(13-18)15-24-25-20/h4-7,12-13,15-16,23H,3,8-11,14H2,1-2H3,(H,24,25). The summed E-state index contributed by atoms with van der Waals surface area (Å²) in [5, 5.41) is 11.9. The number of hydrogen-bond donors (Lipinski definition) is 2. The topological polar surface area (TPSA) is 60.1 Å². The summed E-state index contributed by atoms with van der Waals surface area (Å²) in [5.41, 5.74) is 3.62. The third-order valence-electron chi connectivity index (χ3n) is 5.53. The Morgan fingerprint density at radius 2 is 2.00 bits per heavy atom. The Labute approximate surface area is 160 Å². The Hall–Kier alpha value is -2.44. The molecule has 0 aliphatic carbocycles. The first-order valence-corrected chi connectivity index (χ1v) is 9.81. The van der Waals surface area contributed by atoms with E-state index in [-0.39, 0.29) is 6.04 Å². The summed E-state index contributed by atoms with van der Waals surface area (Å²) in [6.45, 7) is 10.7. The molecular formula is C21H28N6. The van der Waals surface area contributed by atoms with Gasteiger partial charge in [-0.25, -0.2) is 4.98 Å². The molecule has 0 amide bonds. The fourth-order valence-corrected chi connectivity index (χ4v) is 3.66. The maximum absolute atomic E-state index is 4.60. The molecule has 4 rings (SSSR count). The van der Waals surface area contributed by atoms with Crippen molar-refractivity contribution in [3.05, 3.63) is 53.9 Å². The summed E-state index contributed by atoms with van der Waals surface area (Å²) >= 11 is 0. The SMILES string of the molecule is CCN1CCN(c2cc(CNC(C)c3ccc4[nH]ncc4c3)ccn2)CC1. The van der Waals surface area contributed by atoms with E-state index in [4.69, 9.17) is 0 Å². The lowest BCUT2D eigenvalue weighted by molar-refractivity contribution is 0.270. The number of anilines is 1. The van der Waals surface area contributed by atoms with Crippen molar-refractivity contribution >= 4 is 16.7 Å². The zero-order valence-electron chi connectivity index (χ0n) is 16.2. The number of benzene rings is 1. The highest BCUT2D eigenvalue weighted by Gasteiger charge is 2.17. The highest BCUT2D eigenvalue weighted by atomic mass is 15.3. The minimum atomic E-state index is 0.272. The average molecular weight is 364 g/mol. The molecule has 0 bridgehead atoms. The summed E-state index contributed by atoms with van der Waals surface area (Å²) < 4.78 is 0. The van der Waals surface area contributed by atoms with Gasteiger partial charge in [0.05, 0.1) is 11.7 Å². The second-order valence-electron chi connectivity index (χ2n) is 7.26. The second kappa shape index (κ2) is 8.06. The van der Waals surface area contributed by atoms with Crippen LogP contribution in [0.2, 0.25) is 0 Å².